The van der Waals surface area contributed by atoms with Gasteiger partial charge in [0.05, 0.1) is 19.3 Å². The summed E-state index contributed by atoms with van der Waals surface area (Å²) in [5.41, 5.74) is 1.01. The summed E-state index contributed by atoms with van der Waals surface area (Å²) in [6.07, 6.45) is 0. The molecule has 1 aliphatic heterocycles. The van der Waals surface area contributed by atoms with Gasteiger partial charge in [0.15, 0.2) is 0 Å². The second kappa shape index (κ2) is 10.6. The molecule has 2 atom stereocenters. The van der Waals surface area contributed by atoms with Crippen LogP contribution in [0.5, 0.6) is 0 Å². The summed E-state index contributed by atoms with van der Waals surface area (Å²) in [5.74, 6) is 0.432. The predicted molar refractivity (Wildman–Crippen MR) is 111 cm³/mol. The number of hydrogen-bond acceptors (Lipinski definition) is 4. The highest BCUT2D eigenvalue weighted by Crippen LogP contribution is 2.23. The number of morpholine rings is 1. The van der Waals surface area contributed by atoms with Gasteiger partial charge in [-0.3, -0.25) is 9.69 Å². The molecule has 150 valence electrons. The molecule has 0 saturated carbocycles. The smallest absolute Gasteiger partial charge is 0.223 e. The van der Waals surface area contributed by atoms with Crippen LogP contribution in [0.25, 0.3) is 0 Å². The fourth-order valence-corrected chi connectivity index (χ4v) is 4.16. The van der Waals surface area contributed by atoms with Crippen LogP contribution >= 0.6 is 11.8 Å². The van der Waals surface area contributed by atoms with Crippen molar-refractivity contribution < 1.29 is 13.9 Å². The molecule has 3 rings (SSSR count). The molecule has 0 aliphatic carbocycles. The van der Waals surface area contributed by atoms with E-state index in [1.165, 1.54) is 17.0 Å². The first-order valence-electron chi connectivity index (χ1n) is 9.66. The minimum absolute atomic E-state index is 0.0161. The molecule has 6 heteroatoms. The van der Waals surface area contributed by atoms with Crippen LogP contribution in [0.4, 0.5) is 4.39 Å². The maximum Gasteiger partial charge on any atom is 0.223 e. The van der Waals surface area contributed by atoms with Crippen LogP contribution < -0.4 is 5.32 Å². The third-order valence-electron chi connectivity index (χ3n) is 4.90. The quantitative estimate of drug-likeness (QED) is 0.683. The Morgan fingerprint density at radius 1 is 1.14 bits per heavy atom. The van der Waals surface area contributed by atoms with Gasteiger partial charge in [0.1, 0.15) is 5.82 Å². The van der Waals surface area contributed by atoms with E-state index in [-0.39, 0.29) is 23.7 Å². The summed E-state index contributed by atoms with van der Waals surface area (Å²) in [6, 6.07) is 16.7. The zero-order valence-corrected chi connectivity index (χ0v) is 17.0. The lowest BCUT2D eigenvalue weighted by Gasteiger charge is -2.35. The zero-order valence-electron chi connectivity index (χ0n) is 16.1. The molecule has 28 heavy (non-hydrogen) atoms. The molecule has 1 aliphatic rings. The average Bonchev–Trinajstić information content (AvgIpc) is 2.74. The van der Waals surface area contributed by atoms with Crippen molar-refractivity contribution in [2.75, 3.05) is 38.6 Å². The number of nitrogens with one attached hydrogen (secondary N) is 1. The summed E-state index contributed by atoms with van der Waals surface area (Å²) in [4.78, 5) is 16.1. The largest absolute Gasteiger partial charge is 0.379 e. The Bertz CT molecular complexity index is 736. The molecular formula is C22H27FN2O2S. The molecular weight excluding hydrogens is 375 g/mol. The van der Waals surface area contributed by atoms with Gasteiger partial charge in [-0.15, -0.1) is 11.8 Å². The van der Waals surface area contributed by atoms with Crippen molar-refractivity contribution in [2.45, 2.75) is 17.9 Å². The van der Waals surface area contributed by atoms with E-state index in [1.54, 1.807) is 23.9 Å². The lowest BCUT2D eigenvalue weighted by molar-refractivity contribution is -0.124. The molecule has 1 saturated heterocycles. The first-order chi connectivity index (χ1) is 13.6. The molecule has 1 N–H and O–H groups in total. The van der Waals surface area contributed by atoms with E-state index in [4.69, 9.17) is 4.74 Å². The molecule has 0 spiro atoms. The maximum atomic E-state index is 13.3. The van der Waals surface area contributed by atoms with E-state index < -0.39 is 0 Å². The number of rotatable bonds is 8. The maximum absolute atomic E-state index is 13.3. The van der Waals surface area contributed by atoms with E-state index in [0.717, 1.165) is 24.4 Å². The third-order valence-corrected chi connectivity index (χ3v) is 6.17. The number of carbonyl (C=O) groups is 1. The van der Waals surface area contributed by atoms with Gasteiger partial charge < -0.3 is 10.1 Å². The van der Waals surface area contributed by atoms with E-state index in [9.17, 15) is 9.18 Å². The summed E-state index contributed by atoms with van der Waals surface area (Å²) in [6.45, 7) is 5.41. The van der Waals surface area contributed by atoms with Crippen molar-refractivity contribution in [3.05, 3.63) is 66.0 Å². The predicted octanol–water partition coefficient (Wildman–Crippen LogP) is 3.74. The Morgan fingerprint density at radius 3 is 2.50 bits per heavy atom. The van der Waals surface area contributed by atoms with Gasteiger partial charge in [-0.25, -0.2) is 4.39 Å². The number of benzene rings is 2. The van der Waals surface area contributed by atoms with Crippen LogP contribution in [0.2, 0.25) is 0 Å². The third kappa shape index (κ3) is 6.06. The fraction of sp³-hybridized carbons (Fsp3) is 0.409. The highest BCUT2D eigenvalue weighted by Gasteiger charge is 2.24. The van der Waals surface area contributed by atoms with Crippen LogP contribution in [0, 0.1) is 11.7 Å². The van der Waals surface area contributed by atoms with Crippen molar-refractivity contribution in [2.24, 2.45) is 5.92 Å². The van der Waals surface area contributed by atoms with E-state index in [2.05, 4.69) is 22.3 Å². The number of nitrogens with zero attached hydrogens (tertiary/aromatic N) is 1. The molecule has 2 aromatic carbocycles. The lowest BCUT2D eigenvalue weighted by atomic mass is 10.0. The molecule has 2 unspecified atom stereocenters. The SMILES string of the molecule is CC(CSc1ccccc1)C(=O)NCC(c1ccc(F)cc1)N1CCOCC1. The van der Waals surface area contributed by atoms with Crippen LogP contribution in [-0.2, 0) is 9.53 Å². The Hall–Kier alpha value is -1.89. The van der Waals surface area contributed by atoms with Gasteiger partial charge in [0.25, 0.3) is 0 Å². The normalized spacial score (nSPS) is 17.1. The van der Waals surface area contributed by atoms with Crippen molar-refractivity contribution >= 4 is 17.7 Å². The Balaban J connectivity index is 1.57. The van der Waals surface area contributed by atoms with Crippen LogP contribution in [0.15, 0.2) is 59.5 Å². The van der Waals surface area contributed by atoms with Gasteiger partial charge in [-0.1, -0.05) is 37.3 Å². The summed E-state index contributed by atoms with van der Waals surface area (Å²) < 4.78 is 18.8. The fourth-order valence-electron chi connectivity index (χ4n) is 3.22. The molecule has 1 amide bonds. The number of halogens is 1. The number of amides is 1. The Kier molecular flexibility index (Phi) is 7.89. The Morgan fingerprint density at radius 2 is 1.82 bits per heavy atom. The van der Waals surface area contributed by atoms with Gasteiger partial charge in [-0.2, -0.15) is 0 Å². The minimum atomic E-state index is -0.250. The Labute approximate surface area is 170 Å². The zero-order chi connectivity index (χ0) is 19.8. The number of ether oxygens (including phenoxy) is 1. The number of hydrogen-bond donors (Lipinski definition) is 1. The van der Waals surface area contributed by atoms with Crippen molar-refractivity contribution in [3.63, 3.8) is 0 Å². The number of carbonyl (C=O) groups excluding carboxylic acids is 1. The molecule has 0 radical (unpaired) electrons. The standard InChI is InChI=1S/C22H27FN2O2S/c1-17(16-28-20-5-3-2-4-6-20)22(26)24-15-21(25-11-13-27-14-12-25)18-7-9-19(23)10-8-18/h2-10,17,21H,11-16H2,1H3,(H,24,26). The molecule has 1 fully saturated rings. The first kappa shape index (κ1) is 20.8. The van der Waals surface area contributed by atoms with Crippen molar-refractivity contribution in [1.29, 1.82) is 0 Å². The van der Waals surface area contributed by atoms with Gasteiger partial charge >= 0.3 is 0 Å². The minimum Gasteiger partial charge on any atom is -0.379 e. The second-order valence-corrected chi connectivity index (χ2v) is 8.08. The molecule has 0 aromatic heterocycles. The summed E-state index contributed by atoms with van der Waals surface area (Å²) >= 11 is 1.69. The van der Waals surface area contributed by atoms with Crippen LogP contribution in [-0.4, -0.2) is 49.4 Å². The van der Waals surface area contributed by atoms with Gasteiger partial charge in [0.2, 0.25) is 5.91 Å². The first-order valence-corrected chi connectivity index (χ1v) is 10.6. The second-order valence-electron chi connectivity index (χ2n) is 6.99. The van der Waals surface area contributed by atoms with Gasteiger partial charge in [0, 0.05) is 36.2 Å². The molecule has 2 aromatic rings. The van der Waals surface area contributed by atoms with Crippen LogP contribution in [0.1, 0.15) is 18.5 Å². The highest BCUT2D eigenvalue weighted by atomic mass is 32.2. The molecule has 1 heterocycles. The van der Waals surface area contributed by atoms with E-state index in [1.807, 2.05) is 25.1 Å². The monoisotopic (exact) mass is 402 g/mol. The van der Waals surface area contributed by atoms with Crippen molar-refractivity contribution in [1.82, 2.24) is 10.2 Å². The highest BCUT2D eigenvalue weighted by molar-refractivity contribution is 7.99. The topological polar surface area (TPSA) is 41.6 Å². The number of thioether (sulfide) groups is 1. The van der Waals surface area contributed by atoms with E-state index in [0.29, 0.717) is 19.8 Å². The molecule has 0 bridgehead atoms. The lowest BCUT2D eigenvalue weighted by Crippen LogP contribution is -2.44. The van der Waals surface area contributed by atoms with Crippen LogP contribution in [0.3, 0.4) is 0 Å². The summed E-state index contributed by atoms with van der Waals surface area (Å²) in [5, 5.41) is 3.10. The summed E-state index contributed by atoms with van der Waals surface area (Å²) in [7, 11) is 0. The molecule has 4 nitrogen and oxygen atoms in total. The average molecular weight is 403 g/mol. The van der Waals surface area contributed by atoms with E-state index >= 15 is 0 Å². The van der Waals surface area contributed by atoms with Gasteiger partial charge in [-0.05, 0) is 29.8 Å². The van der Waals surface area contributed by atoms with Crippen molar-refractivity contribution in [3.8, 4) is 0 Å².